The summed E-state index contributed by atoms with van der Waals surface area (Å²) in [4.78, 5) is 10.1. The first-order chi connectivity index (χ1) is 7.37. The highest BCUT2D eigenvalue weighted by atomic mass is 32.2. The van der Waals surface area contributed by atoms with Crippen LogP contribution in [0.3, 0.4) is 0 Å². The van der Waals surface area contributed by atoms with Crippen LogP contribution in [0.5, 0.6) is 0 Å². The minimum atomic E-state index is -5.14. The Morgan fingerprint density at radius 2 is 1.65 bits per heavy atom. The first kappa shape index (κ1) is 16.1. The lowest BCUT2D eigenvalue weighted by Gasteiger charge is -2.23. The molecule has 0 aliphatic rings. The van der Waals surface area contributed by atoms with Crippen molar-refractivity contribution in [2.45, 2.75) is 31.6 Å². The SMILES string of the molecule is CC(F)(CCS(=O)(=O)CCC(=O)O)C(F)(F)F. The number of carbonyl (C=O) groups is 1. The fourth-order valence-corrected chi connectivity index (χ4v) is 2.22. The zero-order valence-corrected chi connectivity index (χ0v) is 9.74. The molecule has 0 fully saturated rings. The molecule has 102 valence electrons. The normalized spacial score (nSPS) is 16.5. The van der Waals surface area contributed by atoms with Crippen molar-refractivity contribution < 1.29 is 35.9 Å². The summed E-state index contributed by atoms with van der Waals surface area (Å²) in [7, 11) is -3.99. The molecule has 1 unspecified atom stereocenters. The molecule has 0 aromatic rings. The highest BCUT2D eigenvalue weighted by molar-refractivity contribution is 7.91. The first-order valence-corrected chi connectivity index (χ1v) is 6.37. The van der Waals surface area contributed by atoms with Crippen LogP contribution in [0.25, 0.3) is 0 Å². The van der Waals surface area contributed by atoms with Crippen molar-refractivity contribution in [2.75, 3.05) is 11.5 Å². The molecule has 4 nitrogen and oxygen atoms in total. The molecule has 17 heavy (non-hydrogen) atoms. The molecule has 0 aliphatic heterocycles. The van der Waals surface area contributed by atoms with E-state index in [4.69, 9.17) is 5.11 Å². The second-order valence-electron chi connectivity index (χ2n) is 3.74. The van der Waals surface area contributed by atoms with Gasteiger partial charge in [0.2, 0.25) is 5.67 Å². The Hall–Kier alpha value is -0.860. The van der Waals surface area contributed by atoms with Crippen molar-refractivity contribution in [1.82, 2.24) is 0 Å². The van der Waals surface area contributed by atoms with Gasteiger partial charge >= 0.3 is 12.1 Å². The van der Waals surface area contributed by atoms with Crippen LogP contribution < -0.4 is 0 Å². The molecule has 0 saturated heterocycles. The van der Waals surface area contributed by atoms with Gasteiger partial charge in [0.1, 0.15) is 0 Å². The fraction of sp³-hybridized carbons (Fsp3) is 0.875. The Morgan fingerprint density at radius 3 is 2.00 bits per heavy atom. The highest BCUT2D eigenvalue weighted by Gasteiger charge is 2.52. The van der Waals surface area contributed by atoms with Crippen molar-refractivity contribution in [3.05, 3.63) is 0 Å². The van der Waals surface area contributed by atoms with Crippen molar-refractivity contribution >= 4 is 15.8 Å². The summed E-state index contributed by atoms with van der Waals surface area (Å²) < 4.78 is 71.4. The van der Waals surface area contributed by atoms with E-state index in [1.165, 1.54) is 0 Å². The number of carboxylic acid groups (broad SMARTS) is 1. The summed E-state index contributed by atoms with van der Waals surface area (Å²) in [5.74, 6) is -3.21. The molecule has 0 aliphatic carbocycles. The van der Waals surface area contributed by atoms with Crippen LogP contribution in [-0.4, -0.2) is 42.8 Å². The predicted molar refractivity (Wildman–Crippen MR) is 51.1 cm³/mol. The zero-order chi connectivity index (χ0) is 13.9. The number of hydrogen-bond donors (Lipinski definition) is 1. The molecule has 0 aromatic carbocycles. The summed E-state index contributed by atoms with van der Waals surface area (Å²) in [6.07, 6.45) is -7.09. The van der Waals surface area contributed by atoms with Gasteiger partial charge in [0.05, 0.1) is 17.9 Å². The summed E-state index contributed by atoms with van der Waals surface area (Å²) in [6, 6.07) is 0. The first-order valence-electron chi connectivity index (χ1n) is 4.55. The topological polar surface area (TPSA) is 71.4 Å². The van der Waals surface area contributed by atoms with E-state index in [0.717, 1.165) is 0 Å². The van der Waals surface area contributed by atoms with Gasteiger partial charge in [0.15, 0.2) is 9.84 Å². The second kappa shape index (κ2) is 5.19. The van der Waals surface area contributed by atoms with E-state index in [2.05, 4.69) is 0 Å². The lowest BCUT2D eigenvalue weighted by molar-refractivity contribution is -0.224. The van der Waals surface area contributed by atoms with Crippen LogP contribution >= 0.6 is 0 Å². The molecular weight excluding hydrogens is 268 g/mol. The van der Waals surface area contributed by atoms with Crippen LogP contribution in [0, 0.1) is 0 Å². The lowest BCUT2D eigenvalue weighted by atomic mass is 10.1. The van der Waals surface area contributed by atoms with Crippen LogP contribution in [0.15, 0.2) is 0 Å². The van der Waals surface area contributed by atoms with Crippen molar-refractivity contribution in [3.8, 4) is 0 Å². The third-order valence-electron chi connectivity index (χ3n) is 2.10. The Kier molecular flexibility index (Phi) is 4.93. The maximum absolute atomic E-state index is 13.0. The molecule has 0 spiro atoms. The number of rotatable bonds is 6. The van der Waals surface area contributed by atoms with Gasteiger partial charge in [-0.25, -0.2) is 12.8 Å². The van der Waals surface area contributed by atoms with Crippen molar-refractivity contribution in [2.24, 2.45) is 0 Å². The van der Waals surface area contributed by atoms with Gasteiger partial charge in [0.25, 0.3) is 0 Å². The highest BCUT2D eigenvalue weighted by Crippen LogP contribution is 2.36. The number of sulfone groups is 1. The van der Waals surface area contributed by atoms with Crippen LogP contribution in [0.1, 0.15) is 19.8 Å². The number of aliphatic carboxylic acids is 1. The maximum atomic E-state index is 13.0. The fourth-order valence-electron chi connectivity index (χ4n) is 0.834. The van der Waals surface area contributed by atoms with Gasteiger partial charge in [-0.15, -0.1) is 0 Å². The van der Waals surface area contributed by atoms with Gasteiger partial charge in [-0.05, 0) is 6.92 Å². The van der Waals surface area contributed by atoms with Gasteiger partial charge in [-0.3, -0.25) is 4.79 Å². The average Bonchev–Trinajstić information content (AvgIpc) is 2.11. The van der Waals surface area contributed by atoms with E-state index >= 15 is 0 Å². The summed E-state index contributed by atoms with van der Waals surface area (Å²) in [6.45, 7) is 0.250. The van der Waals surface area contributed by atoms with Crippen molar-refractivity contribution in [3.63, 3.8) is 0 Å². The number of halogens is 4. The van der Waals surface area contributed by atoms with Crippen LogP contribution in [0.4, 0.5) is 17.6 Å². The van der Waals surface area contributed by atoms with E-state index in [1.54, 1.807) is 0 Å². The minimum absolute atomic E-state index is 0.250. The zero-order valence-electron chi connectivity index (χ0n) is 8.92. The molecule has 0 aromatic heterocycles. The Labute approximate surface area is 95.5 Å². The van der Waals surface area contributed by atoms with Gasteiger partial charge in [0, 0.05) is 6.42 Å². The van der Waals surface area contributed by atoms with E-state index < -0.39 is 52.0 Å². The quantitative estimate of drug-likeness (QED) is 0.749. The monoisotopic (exact) mass is 280 g/mol. The Morgan fingerprint density at radius 1 is 1.18 bits per heavy atom. The number of hydrogen-bond acceptors (Lipinski definition) is 3. The molecule has 9 heteroatoms. The third kappa shape index (κ3) is 5.85. The van der Waals surface area contributed by atoms with Crippen LogP contribution in [-0.2, 0) is 14.6 Å². The number of carboxylic acids is 1. The molecule has 0 rings (SSSR count). The molecule has 0 saturated carbocycles. The van der Waals surface area contributed by atoms with E-state index in [1.807, 2.05) is 0 Å². The van der Waals surface area contributed by atoms with Crippen LogP contribution in [0.2, 0.25) is 0 Å². The van der Waals surface area contributed by atoms with Gasteiger partial charge < -0.3 is 5.11 Å². The molecule has 1 atom stereocenters. The van der Waals surface area contributed by atoms with E-state index in [0.29, 0.717) is 0 Å². The van der Waals surface area contributed by atoms with Gasteiger partial charge in [-0.2, -0.15) is 13.2 Å². The summed E-state index contributed by atoms with van der Waals surface area (Å²) in [5.41, 5.74) is -3.59. The predicted octanol–water partition coefficient (Wildman–Crippen LogP) is 1.56. The summed E-state index contributed by atoms with van der Waals surface area (Å²) in [5, 5.41) is 8.22. The smallest absolute Gasteiger partial charge is 0.422 e. The molecule has 0 amide bonds. The Balaban J connectivity index is 4.42. The average molecular weight is 280 g/mol. The summed E-state index contributed by atoms with van der Waals surface area (Å²) >= 11 is 0. The lowest BCUT2D eigenvalue weighted by Crippen LogP contribution is -2.39. The van der Waals surface area contributed by atoms with E-state index in [9.17, 15) is 30.8 Å². The molecule has 0 bridgehead atoms. The van der Waals surface area contributed by atoms with E-state index in [-0.39, 0.29) is 6.92 Å². The molecule has 0 heterocycles. The minimum Gasteiger partial charge on any atom is -0.481 e. The largest absolute Gasteiger partial charge is 0.481 e. The molecule has 1 N–H and O–H groups in total. The van der Waals surface area contributed by atoms with Crippen molar-refractivity contribution in [1.29, 1.82) is 0 Å². The van der Waals surface area contributed by atoms with Gasteiger partial charge in [-0.1, -0.05) is 0 Å². The standard InChI is InChI=1S/C8H12F4O4S/c1-7(9,8(10,11)12)3-5-17(15,16)4-2-6(13)14/h2-5H2,1H3,(H,13,14). The number of alkyl halides is 4. The molecular formula is C8H12F4O4S. The molecule has 0 radical (unpaired) electrons. The Bertz CT molecular complexity index is 371. The third-order valence-corrected chi connectivity index (χ3v) is 3.75. The maximum Gasteiger partial charge on any atom is 0.422 e. The second-order valence-corrected chi connectivity index (χ2v) is 6.04.